The number of hydrogen-bond acceptors (Lipinski definition) is 6. The number of nitrogens with one attached hydrogen (secondary N) is 3. The summed E-state index contributed by atoms with van der Waals surface area (Å²) in [6, 6.07) is 24.8. The third kappa shape index (κ3) is 10.9. The van der Waals surface area contributed by atoms with Gasteiger partial charge in [0.05, 0.1) is 0 Å². The number of hydrogen-bond donors (Lipinski definition) is 3. The van der Waals surface area contributed by atoms with E-state index in [0.29, 0.717) is 19.4 Å². The number of rotatable bonds is 15. The van der Waals surface area contributed by atoms with Gasteiger partial charge in [-0.2, -0.15) is 0 Å². The highest BCUT2D eigenvalue weighted by Gasteiger charge is 2.31. The third-order valence-corrected chi connectivity index (χ3v) is 7.81. The Morgan fingerprint density at radius 1 is 0.800 bits per heavy atom. The number of alkyl carbamates (subject to hydrolysis) is 1. The van der Waals surface area contributed by atoms with E-state index in [4.69, 9.17) is 4.74 Å². The maximum Gasteiger partial charge on any atom is 0.408 e. The van der Waals surface area contributed by atoms with Gasteiger partial charge in [0.15, 0.2) is 0 Å². The number of ether oxygens (including phenoxy) is 1. The molecule has 0 saturated carbocycles. The molecule has 0 aromatic heterocycles. The zero-order chi connectivity index (χ0) is 32.0. The van der Waals surface area contributed by atoms with E-state index in [2.05, 4.69) is 45.1 Å². The van der Waals surface area contributed by atoms with Crippen molar-refractivity contribution in [3.05, 3.63) is 107 Å². The molecular formula is C36H44N4O5. The summed E-state index contributed by atoms with van der Waals surface area (Å²) in [5.41, 5.74) is 4.33. The lowest BCUT2D eigenvalue weighted by Gasteiger charge is -2.28. The first-order valence-electron chi connectivity index (χ1n) is 15.7. The Bertz CT molecular complexity index is 1410. The van der Waals surface area contributed by atoms with Crippen LogP contribution in [0, 0.1) is 5.92 Å². The summed E-state index contributed by atoms with van der Waals surface area (Å²) in [7, 11) is 0. The number of carbonyl (C=O) groups is 4. The molecule has 1 aliphatic rings. The van der Waals surface area contributed by atoms with Crippen LogP contribution in [0.3, 0.4) is 0 Å². The first kappa shape index (κ1) is 33.4. The Kier molecular flexibility index (Phi) is 12.7. The van der Waals surface area contributed by atoms with E-state index in [0.717, 1.165) is 37.2 Å². The number of nitrogens with zero attached hydrogens (tertiary/aromatic N) is 1. The summed E-state index contributed by atoms with van der Waals surface area (Å²) >= 11 is 0. The maximum absolute atomic E-state index is 13.5. The standard InChI is InChI=1S/C36H44N4O5/c1-26(2)22-32(39-36(44)45-25-28-14-7-4-8-15-28)34(42)38-31(23-27-12-5-3-6-13-27)33(41)35(43)37-19-11-20-40-21-18-29-16-9-10-17-30(29)24-40/h3-10,12-17,26,31-32H,11,18-25H2,1-2H3,(H,37,43)(H,38,42)(H,39,44)/t31-,32-/m0/s1. The summed E-state index contributed by atoms with van der Waals surface area (Å²) in [5, 5.41) is 8.15. The number of fused-ring (bicyclic) bond motifs is 1. The quantitative estimate of drug-likeness (QED) is 0.175. The van der Waals surface area contributed by atoms with E-state index in [9.17, 15) is 19.2 Å². The molecule has 9 nitrogen and oxygen atoms in total. The maximum atomic E-state index is 13.5. The Balaban J connectivity index is 1.33. The molecule has 0 unspecified atom stereocenters. The molecule has 3 aromatic rings. The minimum absolute atomic E-state index is 0.0586. The molecule has 0 aliphatic carbocycles. The van der Waals surface area contributed by atoms with Crippen LogP contribution in [0.15, 0.2) is 84.9 Å². The summed E-state index contributed by atoms with van der Waals surface area (Å²) in [6.45, 7) is 6.90. The van der Waals surface area contributed by atoms with Crippen molar-refractivity contribution in [3.63, 3.8) is 0 Å². The molecule has 45 heavy (non-hydrogen) atoms. The van der Waals surface area contributed by atoms with Gasteiger partial charge < -0.3 is 20.7 Å². The third-order valence-electron chi connectivity index (χ3n) is 7.81. The van der Waals surface area contributed by atoms with E-state index in [-0.39, 0.29) is 18.9 Å². The van der Waals surface area contributed by atoms with E-state index >= 15 is 0 Å². The lowest BCUT2D eigenvalue weighted by Crippen LogP contribution is -2.55. The zero-order valence-electron chi connectivity index (χ0n) is 26.2. The molecule has 3 aromatic carbocycles. The van der Waals surface area contributed by atoms with E-state index in [1.54, 1.807) is 0 Å². The number of benzene rings is 3. The predicted octanol–water partition coefficient (Wildman–Crippen LogP) is 4.19. The highest BCUT2D eigenvalue weighted by Crippen LogP contribution is 2.18. The minimum atomic E-state index is -1.10. The highest BCUT2D eigenvalue weighted by molar-refractivity contribution is 6.38. The van der Waals surface area contributed by atoms with Gasteiger partial charge in [0, 0.05) is 32.6 Å². The summed E-state index contributed by atoms with van der Waals surface area (Å²) in [4.78, 5) is 54.8. The highest BCUT2D eigenvalue weighted by atomic mass is 16.5. The summed E-state index contributed by atoms with van der Waals surface area (Å²) < 4.78 is 5.33. The van der Waals surface area contributed by atoms with Gasteiger partial charge in [0.2, 0.25) is 11.7 Å². The smallest absolute Gasteiger partial charge is 0.408 e. The van der Waals surface area contributed by atoms with Gasteiger partial charge in [-0.1, -0.05) is 98.8 Å². The molecule has 4 rings (SSSR count). The van der Waals surface area contributed by atoms with Crippen molar-refractivity contribution in [2.24, 2.45) is 5.92 Å². The molecule has 0 radical (unpaired) electrons. The van der Waals surface area contributed by atoms with Gasteiger partial charge in [-0.05, 0) is 47.4 Å². The molecule has 238 valence electrons. The van der Waals surface area contributed by atoms with Gasteiger partial charge in [-0.25, -0.2) is 4.79 Å². The van der Waals surface area contributed by atoms with Crippen molar-refractivity contribution >= 4 is 23.7 Å². The van der Waals surface area contributed by atoms with Gasteiger partial charge in [0.25, 0.3) is 5.91 Å². The first-order chi connectivity index (χ1) is 21.8. The fourth-order valence-corrected chi connectivity index (χ4v) is 5.44. The topological polar surface area (TPSA) is 117 Å². The molecule has 2 atom stereocenters. The summed E-state index contributed by atoms with van der Waals surface area (Å²) in [5.74, 6) is -1.95. The van der Waals surface area contributed by atoms with Gasteiger partial charge in [-0.15, -0.1) is 0 Å². The van der Waals surface area contributed by atoms with Crippen molar-refractivity contribution in [1.29, 1.82) is 0 Å². The van der Waals surface area contributed by atoms with E-state index in [1.165, 1.54) is 11.1 Å². The van der Waals surface area contributed by atoms with Crippen molar-refractivity contribution in [3.8, 4) is 0 Å². The van der Waals surface area contributed by atoms with Crippen LogP contribution < -0.4 is 16.0 Å². The lowest BCUT2D eigenvalue weighted by atomic mass is 9.99. The van der Waals surface area contributed by atoms with Crippen molar-refractivity contribution in [2.75, 3.05) is 19.6 Å². The largest absolute Gasteiger partial charge is 0.445 e. The monoisotopic (exact) mass is 612 g/mol. The summed E-state index contributed by atoms with van der Waals surface area (Å²) in [6.07, 6.45) is 1.42. The Morgan fingerprint density at radius 2 is 1.44 bits per heavy atom. The average Bonchev–Trinajstić information content (AvgIpc) is 3.05. The molecule has 0 fully saturated rings. The van der Waals surface area contributed by atoms with Crippen LogP contribution in [0.2, 0.25) is 0 Å². The Labute approximate surface area is 265 Å². The van der Waals surface area contributed by atoms with E-state index < -0.39 is 35.8 Å². The van der Waals surface area contributed by atoms with Gasteiger partial charge in [-0.3, -0.25) is 19.3 Å². The molecule has 0 spiro atoms. The number of Topliss-reactive ketones (excluding diaryl/α,β-unsaturated/α-hetero) is 1. The Hall–Kier alpha value is -4.50. The zero-order valence-corrected chi connectivity index (χ0v) is 26.2. The Morgan fingerprint density at radius 3 is 2.13 bits per heavy atom. The van der Waals surface area contributed by atoms with Crippen LogP contribution in [0.25, 0.3) is 0 Å². The number of amides is 3. The molecule has 3 N–H and O–H groups in total. The molecule has 1 aliphatic heterocycles. The van der Waals surface area contributed by atoms with Crippen LogP contribution >= 0.6 is 0 Å². The lowest BCUT2D eigenvalue weighted by molar-refractivity contribution is -0.140. The van der Waals surface area contributed by atoms with Crippen molar-refractivity contribution in [2.45, 2.75) is 64.8 Å². The fourth-order valence-electron chi connectivity index (χ4n) is 5.44. The molecular weight excluding hydrogens is 568 g/mol. The predicted molar refractivity (Wildman–Crippen MR) is 173 cm³/mol. The van der Waals surface area contributed by atoms with Crippen molar-refractivity contribution in [1.82, 2.24) is 20.9 Å². The molecule has 0 saturated heterocycles. The number of ketones is 1. The van der Waals surface area contributed by atoms with Crippen LogP contribution in [-0.4, -0.2) is 60.3 Å². The molecule has 1 heterocycles. The van der Waals surface area contributed by atoms with Crippen LogP contribution in [0.5, 0.6) is 0 Å². The number of carbonyl (C=O) groups excluding carboxylic acids is 4. The van der Waals surface area contributed by atoms with Gasteiger partial charge >= 0.3 is 6.09 Å². The first-order valence-corrected chi connectivity index (χ1v) is 15.7. The van der Waals surface area contributed by atoms with Gasteiger partial charge in [0.1, 0.15) is 18.7 Å². The fraction of sp³-hybridized carbons (Fsp3) is 0.389. The molecule has 0 bridgehead atoms. The normalized spacial score (nSPS) is 14.1. The molecule has 3 amide bonds. The second kappa shape index (κ2) is 17.1. The van der Waals surface area contributed by atoms with Crippen LogP contribution in [-0.2, 0) is 45.1 Å². The van der Waals surface area contributed by atoms with E-state index in [1.807, 2.05) is 74.5 Å². The molecule has 9 heteroatoms. The SMILES string of the molecule is CC(C)C[C@H](NC(=O)OCc1ccccc1)C(=O)N[C@@H](Cc1ccccc1)C(=O)C(=O)NCCCN1CCc2ccccc2C1. The second-order valence-corrected chi connectivity index (χ2v) is 11.9. The average molecular weight is 613 g/mol. The second-order valence-electron chi connectivity index (χ2n) is 11.9. The van der Waals surface area contributed by atoms with Crippen molar-refractivity contribution < 1.29 is 23.9 Å². The van der Waals surface area contributed by atoms with Crippen LogP contribution in [0.1, 0.15) is 48.9 Å². The van der Waals surface area contributed by atoms with Crippen LogP contribution in [0.4, 0.5) is 4.79 Å². The minimum Gasteiger partial charge on any atom is -0.445 e.